The van der Waals surface area contributed by atoms with Crippen LogP contribution in [0.4, 0.5) is 10.5 Å². The van der Waals surface area contributed by atoms with Crippen LogP contribution in [-0.4, -0.2) is 12.1 Å². The van der Waals surface area contributed by atoms with E-state index in [1.807, 2.05) is 32.0 Å². The maximum atomic E-state index is 11.4. The van der Waals surface area contributed by atoms with E-state index >= 15 is 0 Å². The van der Waals surface area contributed by atoms with Gasteiger partial charge in [-0.05, 0) is 48.0 Å². The highest BCUT2D eigenvalue weighted by Crippen LogP contribution is 2.25. The Labute approximate surface area is 106 Å². The lowest BCUT2D eigenvalue weighted by atomic mass is 10.3. The Kier molecular flexibility index (Phi) is 4.60. The molecule has 0 fully saturated rings. The Bertz CT molecular complexity index is 366. The number of urea groups is 1. The fraction of sp³-hybridized carbons (Fsp3) is 0.300. The first-order valence-corrected chi connectivity index (χ1v) is 6.10. The van der Waals surface area contributed by atoms with Gasteiger partial charge in [0.05, 0.1) is 5.69 Å². The van der Waals surface area contributed by atoms with Crippen LogP contribution in [0.15, 0.2) is 27.1 Å². The molecular formula is C10H12Br2N2O. The minimum atomic E-state index is -0.201. The summed E-state index contributed by atoms with van der Waals surface area (Å²) in [5, 5.41) is 5.50. The molecule has 0 heterocycles. The summed E-state index contributed by atoms with van der Waals surface area (Å²) < 4.78 is 1.81. The number of rotatable bonds is 2. The lowest BCUT2D eigenvalue weighted by Gasteiger charge is -2.11. The highest BCUT2D eigenvalue weighted by molar-refractivity contribution is 9.11. The van der Waals surface area contributed by atoms with Crippen molar-refractivity contribution in [3.05, 3.63) is 27.1 Å². The van der Waals surface area contributed by atoms with E-state index in [1.165, 1.54) is 0 Å². The number of hydrogen-bond donors (Lipinski definition) is 2. The summed E-state index contributed by atoms with van der Waals surface area (Å²) >= 11 is 6.71. The number of benzene rings is 1. The monoisotopic (exact) mass is 334 g/mol. The molecule has 0 bridgehead atoms. The molecule has 1 aromatic carbocycles. The van der Waals surface area contributed by atoms with E-state index in [1.54, 1.807) is 0 Å². The van der Waals surface area contributed by atoms with Crippen molar-refractivity contribution in [2.24, 2.45) is 0 Å². The highest BCUT2D eigenvalue weighted by atomic mass is 79.9. The van der Waals surface area contributed by atoms with Gasteiger partial charge in [0.25, 0.3) is 0 Å². The number of nitrogens with one attached hydrogen (secondary N) is 2. The van der Waals surface area contributed by atoms with Gasteiger partial charge in [-0.3, -0.25) is 0 Å². The second-order valence-electron chi connectivity index (χ2n) is 3.38. The molecule has 0 aromatic heterocycles. The summed E-state index contributed by atoms with van der Waals surface area (Å²) in [4.78, 5) is 11.4. The average Bonchev–Trinajstić information content (AvgIpc) is 2.08. The number of carbonyl (C=O) groups excluding carboxylic acids is 1. The van der Waals surface area contributed by atoms with Crippen molar-refractivity contribution in [2.45, 2.75) is 19.9 Å². The van der Waals surface area contributed by atoms with Crippen molar-refractivity contribution in [1.29, 1.82) is 0 Å². The predicted molar refractivity (Wildman–Crippen MR) is 69.1 cm³/mol. The van der Waals surface area contributed by atoms with Crippen LogP contribution in [0.2, 0.25) is 0 Å². The van der Waals surface area contributed by atoms with Crippen LogP contribution in [0.1, 0.15) is 13.8 Å². The minimum absolute atomic E-state index is 0.124. The van der Waals surface area contributed by atoms with Crippen molar-refractivity contribution in [1.82, 2.24) is 5.32 Å². The Balaban J connectivity index is 2.68. The Hall–Kier alpha value is -0.550. The van der Waals surface area contributed by atoms with Crippen molar-refractivity contribution in [2.75, 3.05) is 5.32 Å². The van der Waals surface area contributed by atoms with Crippen molar-refractivity contribution < 1.29 is 4.79 Å². The van der Waals surface area contributed by atoms with E-state index in [4.69, 9.17) is 0 Å². The normalized spacial score (nSPS) is 10.2. The molecule has 0 spiro atoms. The highest BCUT2D eigenvalue weighted by Gasteiger charge is 2.06. The van der Waals surface area contributed by atoms with Crippen LogP contribution in [0.3, 0.4) is 0 Å². The Morgan fingerprint density at radius 2 is 2.00 bits per heavy atom. The van der Waals surface area contributed by atoms with Crippen LogP contribution < -0.4 is 10.6 Å². The molecule has 0 atom stereocenters. The largest absolute Gasteiger partial charge is 0.336 e. The number of halogens is 2. The molecule has 2 amide bonds. The molecular weight excluding hydrogens is 324 g/mol. The van der Waals surface area contributed by atoms with E-state index in [0.717, 1.165) is 14.6 Å². The first-order valence-electron chi connectivity index (χ1n) is 4.51. The van der Waals surface area contributed by atoms with Gasteiger partial charge in [0, 0.05) is 15.0 Å². The maximum Gasteiger partial charge on any atom is 0.319 e. The van der Waals surface area contributed by atoms with E-state index < -0.39 is 0 Å². The van der Waals surface area contributed by atoms with Crippen LogP contribution in [0.5, 0.6) is 0 Å². The molecule has 0 unspecified atom stereocenters. The van der Waals surface area contributed by atoms with Crippen LogP contribution in [-0.2, 0) is 0 Å². The van der Waals surface area contributed by atoms with Crippen LogP contribution >= 0.6 is 31.9 Å². The minimum Gasteiger partial charge on any atom is -0.336 e. The molecule has 15 heavy (non-hydrogen) atoms. The average molecular weight is 336 g/mol. The third-order valence-electron chi connectivity index (χ3n) is 1.60. The third-order valence-corrected chi connectivity index (χ3v) is 2.75. The Morgan fingerprint density at radius 1 is 1.33 bits per heavy atom. The van der Waals surface area contributed by atoms with E-state index in [2.05, 4.69) is 42.5 Å². The molecule has 1 aromatic rings. The third kappa shape index (κ3) is 4.22. The summed E-state index contributed by atoms with van der Waals surface area (Å²) in [6.45, 7) is 3.83. The molecule has 0 saturated carbocycles. The van der Waals surface area contributed by atoms with Gasteiger partial charge in [-0.25, -0.2) is 4.79 Å². The molecule has 5 heteroatoms. The summed E-state index contributed by atoms with van der Waals surface area (Å²) in [5.74, 6) is 0. The quantitative estimate of drug-likeness (QED) is 0.849. The van der Waals surface area contributed by atoms with Crippen molar-refractivity contribution in [3.63, 3.8) is 0 Å². The summed E-state index contributed by atoms with van der Waals surface area (Å²) in [5.41, 5.74) is 0.747. The number of amides is 2. The fourth-order valence-electron chi connectivity index (χ4n) is 1.01. The van der Waals surface area contributed by atoms with Gasteiger partial charge in [0.1, 0.15) is 0 Å². The van der Waals surface area contributed by atoms with Gasteiger partial charge in [-0.2, -0.15) is 0 Å². The van der Waals surface area contributed by atoms with Gasteiger partial charge in [0.2, 0.25) is 0 Å². The van der Waals surface area contributed by atoms with Gasteiger partial charge in [0.15, 0.2) is 0 Å². The topological polar surface area (TPSA) is 41.1 Å². The second-order valence-corrected chi connectivity index (χ2v) is 5.15. The SMILES string of the molecule is CC(C)NC(=O)Nc1ccc(Br)cc1Br. The first kappa shape index (κ1) is 12.5. The molecule has 0 radical (unpaired) electrons. The van der Waals surface area contributed by atoms with Crippen molar-refractivity contribution in [3.8, 4) is 0 Å². The molecule has 82 valence electrons. The summed E-state index contributed by atoms with van der Waals surface area (Å²) in [6.07, 6.45) is 0. The van der Waals surface area contributed by atoms with Crippen LogP contribution in [0, 0.1) is 0 Å². The Morgan fingerprint density at radius 3 is 2.53 bits per heavy atom. The van der Waals surface area contributed by atoms with Gasteiger partial charge < -0.3 is 10.6 Å². The number of anilines is 1. The molecule has 3 nitrogen and oxygen atoms in total. The van der Waals surface area contributed by atoms with Gasteiger partial charge in [-0.15, -0.1) is 0 Å². The van der Waals surface area contributed by atoms with Crippen LogP contribution in [0.25, 0.3) is 0 Å². The lowest BCUT2D eigenvalue weighted by Crippen LogP contribution is -2.34. The molecule has 0 saturated heterocycles. The summed E-state index contributed by atoms with van der Waals surface area (Å²) in [6, 6.07) is 5.50. The summed E-state index contributed by atoms with van der Waals surface area (Å²) in [7, 11) is 0. The smallest absolute Gasteiger partial charge is 0.319 e. The van der Waals surface area contributed by atoms with Crippen molar-refractivity contribution >= 4 is 43.6 Å². The fourth-order valence-corrected chi connectivity index (χ4v) is 2.16. The van der Waals surface area contributed by atoms with Gasteiger partial charge >= 0.3 is 6.03 Å². The predicted octanol–water partition coefficient (Wildman–Crippen LogP) is 3.74. The molecule has 0 aliphatic heterocycles. The maximum absolute atomic E-state index is 11.4. The standard InChI is InChI=1S/C10H12Br2N2O/c1-6(2)13-10(15)14-9-4-3-7(11)5-8(9)12/h3-6H,1-2H3,(H2,13,14,15). The molecule has 0 aliphatic carbocycles. The van der Waals surface area contributed by atoms with Gasteiger partial charge in [-0.1, -0.05) is 15.9 Å². The first-order chi connectivity index (χ1) is 6.99. The molecule has 1 rings (SSSR count). The van der Waals surface area contributed by atoms with E-state index in [0.29, 0.717) is 0 Å². The number of hydrogen-bond acceptors (Lipinski definition) is 1. The lowest BCUT2D eigenvalue weighted by molar-refractivity contribution is 0.250. The zero-order valence-electron chi connectivity index (χ0n) is 8.47. The zero-order chi connectivity index (χ0) is 11.4. The zero-order valence-corrected chi connectivity index (χ0v) is 11.6. The second kappa shape index (κ2) is 5.51. The van der Waals surface area contributed by atoms with E-state index in [-0.39, 0.29) is 12.1 Å². The van der Waals surface area contributed by atoms with E-state index in [9.17, 15) is 4.79 Å². The molecule has 2 N–H and O–H groups in total. The molecule has 0 aliphatic rings. The number of carbonyl (C=O) groups is 1.